The van der Waals surface area contributed by atoms with Crippen LogP contribution in [0.15, 0.2) is 60.7 Å². The van der Waals surface area contributed by atoms with Crippen LogP contribution in [0.1, 0.15) is 22.3 Å². The summed E-state index contributed by atoms with van der Waals surface area (Å²) in [5.41, 5.74) is 0.753. The monoisotopic (exact) mass is 313 g/mol. The van der Waals surface area contributed by atoms with E-state index < -0.39 is 23.7 Å². The number of rotatable bonds is 6. The first-order valence-corrected chi connectivity index (χ1v) is 7.07. The van der Waals surface area contributed by atoms with Crippen molar-refractivity contribution in [2.45, 2.75) is 12.5 Å². The molecule has 0 aliphatic carbocycles. The molecule has 0 aromatic heterocycles. The number of halogens is 1. The Morgan fingerprint density at radius 2 is 1.74 bits per heavy atom. The Balaban J connectivity index is 2.02. The number of nitrogens with one attached hydrogen (secondary N) is 1. The van der Waals surface area contributed by atoms with Crippen molar-refractivity contribution in [2.24, 2.45) is 0 Å². The second kappa shape index (κ2) is 7.89. The SMILES string of the molecule is O=C(N[C@H](C/C=C/c1ccccc1)C(=O)O)c1ccccc1F. The van der Waals surface area contributed by atoms with Crippen LogP contribution >= 0.6 is 0 Å². The van der Waals surface area contributed by atoms with Crippen molar-refractivity contribution >= 4 is 18.0 Å². The van der Waals surface area contributed by atoms with Gasteiger partial charge in [0, 0.05) is 0 Å². The predicted molar refractivity (Wildman–Crippen MR) is 85.4 cm³/mol. The molecule has 4 nitrogen and oxygen atoms in total. The minimum absolute atomic E-state index is 0.102. The molecular weight excluding hydrogens is 297 g/mol. The van der Waals surface area contributed by atoms with Crippen LogP contribution in [0.25, 0.3) is 6.08 Å². The van der Waals surface area contributed by atoms with Crippen molar-refractivity contribution in [2.75, 3.05) is 0 Å². The number of carbonyl (C=O) groups excluding carboxylic acids is 1. The van der Waals surface area contributed by atoms with E-state index >= 15 is 0 Å². The number of carboxylic acids is 1. The quantitative estimate of drug-likeness (QED) is 0.861. The molecule has 5 heteroatoms. The Kier molecular flexibility index (Phi) is 5.63. The van der Waals surface area contributed by atoms with Crippen molar-refractivity contribution in [3.63, 3.8) is 0 Å². The van der Waals surface area contributed by atoms with Gasteiger partial charge < -0.3 is 10.4 Å². The molecular formula is C18H16FNO3. The van der Waals surface area contributed by atoms with Gasteiger partial charge in [0.2, 0.25) is 0 Å². The first-order chi connectivity index (χ1) is 11.1. The van der Waals surface area contributed by atoms with Gasteiger partial charge in [0.1, 0.15) is 11.9 Å². The number of hydrogen-bond acceptors (Lipinski definition) is 2. The second-order valence-corrected chi connectivity index (χ2v) is 4.89. The summed E-state index contributed by atoms with van der Waals surface area (Å²) in [4.78, 5) is 23.2. The third-order valence-electron chi connectivity index (χ3n) is 3.20. The van der Waals surface area contributed by atoms with Crippen LogP contribution in [-0.2, 0) is 4.79 Å². The first kappa shape index (κ1) is 16.4. The largest absolute Gasteiger partial charge is 0.480 e. The summed E-state index contributed by atoms with van der Waals surface area (Å²) < 4.78 is 13.5. The van der Waals surface area contributed by atoms with Crippen LogP contribution in [0.3, 0.4) is 0 Å². The van der Waals surface area contributed by atoms with E-state index in [9.17, 15) is 19.1 Å². The van der Waals surface area contributed by atoms with Gasteiger partial charge in [-0.25, -0.2) is 9.18 Å². The highest BCUT2D eigenvalue weighted by Gasteiger charge is 2.20. The maximum atomic E-state index is 13.5. The van der Waals surface area contributed by atoms with E-state index in [0.717, 1.165) is 11.6 Å². The van der Waals surface area contributed by atoms with Crippen LogP contribution in [0, 0.1) is 5.82 Å². The fourth-order valence-corrected chi connectivity index (χ4v) is 2.01. The Morgan fingerprint density at radius 1 is 1.09 bits per heavy atom. The minimum atomic E-state index is -1.17. The number of carbonyl (C=O) groups is 2. The molecule has 23 heavy (non-hydrogen) atoms. The smallest absolute Gasteiger partial charge is 0.326 e. The van der Waals surface area contributed by atoms with Crippen LogP contribution in [0.2, 0.25) is 0 Å². The van der Waals surface area contributed by atoms with Gasteiger partial charge in [-0.05, 0) is 24.1 Å². The molecule has 2 aromatic rings. The molecule has 0 radical (unpaired) electrons. The molecule has 2 aromatic carbocycles. The number of carboxylic acid groups (broad SMARTS) is 1. The molecule has 2 N–H and O–H groups in total. The first-order valence-electron chi connectivity index (χ1n) is 7.07. The Bertz CT molecular complexity index is 713. The lowest BCUT2D eigenvalue weighted by atomic mass is 10.1. The van der Waals surface area contributed by atoms with E-state index in [0.29, 0.717) is 0 Å². The van der Waals surface area contributed by atoms with Crippen LogP contribution < -0.4 is 5.32 Å². The number of hydrogen-bond donors (Lipinski definition) is 2. The molecule has 0 bridgehead atoms. The maximum Gasteiger partial charge on any atom is 0.326 e. The molecule has 0 saturated heterocycles. The molecule has 0 spiro atoms. The summed E-state index contributed by atoms with van der Waals surface area (Å²) in [7, 11) is 0. The van der Waals surface area contributed by atoms with Gasteiger partial charge >= 0.3 is 5.97 Å². The summed E-state index contributed by atoms with van der Waals surface area (Å²) in [5.74, 6) is -2.61. The standard InChI is InChI=1S/C18H16FNO3/c19-15-11-5-4-10-14(15)17(21)20-16(18(22)23)12-6-9-13-7-2-1-3-8-13/h1-11,16H,12H2,(H,20,21)(H,22,23)/b9-6+/t16-/m1/s1. The molecule has 1 atom stereocenters. The molecule has 0 aliphatic heterocycles. The molecule has 0 saturated carbocycles. The number of amides is 1. The molecule has 2 rings (SSSR count). The van der Waals surface area contributed by atoms with Gasteiger partial charge in [-0.2, -0.15) is 0 Å². The second-order valence-electron chi connectivity index (χ2n) is 4.89. The zero-order chi connectivity index (χ0) is 16.7. The van der Waals surface area contributed by atoms with Crippen molar-refractivity contribution in [1.82, 2.24) is 5.32 Å². The zero-order valence-corrected chi connectivity index (χ0v) is 12.3. The van der Waals surface area contributed by atoms with Gasteiger partial charge in [0.25, 0.3) is 5.91 Å². The van der Waals surface area contributed by atoms with E-state index in [1.165, 1.54) is 18.2 Å². The summed E-state index contributed by atoms with van der Waals surface area (Å²) >= 11 is 0. The highest BCUT2D eigenvalue weighted by atomic mass is 19.1. The molecule has 0 fully saturated rings. The highest BCUT2D eigenvalue weighted by Crippen LogP contribution is 2.08. The number of benzene rings is 2. The van der Waals surface area contributed by atoms with Crippen molar-refractivity contribution in [1.29, 1.82) is 0 Å². The van der Waals surface area contributed by atoms with Gasteiger partial charge in [-0.1, -0.05) is 54.6 Å². The summed E-state index contributed by atoms with van der Waals surface area (Å²) in [6.45, 7) is 0. The van der Waals surface area contributed by atoms with Crippen molar-refractivity contribution in [3.8, 4) is 0 Å². The lowest BCUT2D eigenvalue weighted by molar-refractivity contribution is -0.139. The fraction of sp³-hybridized carbons (Fsp3) is 0.111. The Labute approximate surface area is 133 Å². The van der Waals surface area contributed by atoms with Crippen LogP contribution in [-0.4, -0.2) is 23.0 Å². The van der Waals surface area contributed by atoms with Crippen molar-refractivity contribution in [3.05, 3.63) is 77.6 Å². The molecule has 0 unspecified atom stereocenters. The lowest BCUT2D eigenvalue weighted by Crippen LogP contribution is -2.40. The number of aliphatic carboxylic acids is 1. The van der Waals surface area contributed by atoms with Gasteiger partial charge in [0.05, 0.1) is 5.56 Å². The Hall–Kier alpha value is -2.95. The highest BCUT2D eigenvalue weighted by molar-refractivity contribution is 5.96. The summed E-state index contributed by atoms with van der Waals surface area (Å²) in [6, 6.07) is 13.7. The maximum absolute atomic E-state index is 13.5. The molecule has 0 aliphatic rings. The molecule has 0 heterocycles. The van der Waals surface area contributed by atoms with E-state index in [1.807, 2.05) is 30.3 Å². The fourth-order valence-electron chi connectivity index (χ4n) is 2.01. The topological polar surface area (TPSA) is 66.4 Å². The van der Waals surface area contributed by atoms with E-state index in [-0.39, 0.29) is 12.0 Å². The normalized spacial score (nSPS) is 12.0. The van der Waals surface area contributed by atoms with Gasteiger partial charge in [-0.15, -0.1) is 0 Å². The average Bonchev–Trinajstić information content (AvgIpc) is 2.55. The van der Waals surface area contributed by atoms with Gasteiger partial charge in [0.15, 0.2) is 0 Å². The molecule has 1 amide bonds. The minimum Gasteiger partial charge on any atom is -0.480 e. The Morgan fingerprint density at radius 3 is 2.39 bits per heavy atom. The summed E-state index contributed by atoms with van der Waals surface area (Å²) in [5, 5.41) is 11.5. The van der Waals surface area contributed by atoms with E-state index in [4.69, 9.17) is 0 Å². The summed E-state index contributed by atoms with van der Waals surface area (Å²) in [6.07, 6.45) is 3.53. The zero-order valence-electron chi connectivity index (χ0n) is 12.3. The van der Waals surface area contributed by atoms with E-state index in [1.54, 1.807) is 12.2 Å². The third-order valence-corrected chi connectivity index (χ3v) is 3.20. The molecule has 118 valence electrons. The predicted octanol–water partition coefficient (Wildman–Crippen LogP) is 3.11. The van der Waals surface area contributed by atoms with Crippen LogP contribution in [0.4, 0.5) is 4.39 Å². The van der Waals surface area contributed by atoms with Gasteiger partial charge in [-0.3, -0.25) is 4.79 Å². The third kappa shape index (κ3) is 4.78. The van der Waals surface area contributed by atoms with Crippen LogP contribution in [0.5, 0.6) is 0 Å². The average molecular weight is 313 g/mol. The van der Waals surface area contributed by atoms with Crippen molar-refractivity contribution < 1.29 is 19.1 Å². The lowest BCUT2D eigenvalue weighted by Gasteiger charge is -2.13. The van der Waals surface area contributed by atoms with E-state index in [2.05, 4.69) is 5.32 Å².